The van der Waals surface area contributed by atoms with Crippen LogP contribution in [0.5, 0.6) is 0 Å². The summed E-state index contributed by atoms with van der Waals surface area (Å²) in [5, 5.41) is 2.70. The van der Waals surface area contributed by atoms with Crippen molar-refractivity contribution in [2.45, 2.75) is 67.3 Å². The van der Waals surface area contributed by atoms with Crippen molar-refractivity contribution in [2.75, 3.05) is 0 Å². The Morgan fingerprint density at radius 1 is 1.30 bits per heavy atom. The Hall–Kier alpha value is -1.95. The molecule has 0 fully saturated rings. The van der Waals surface area contributed by atoms with Crippen LogP contribution in [0.2, 0.25) is 0 Å². The number of nitrogens with one attached hydrogen (secondary N) is 2. The molecule has 4 N–H and O–H groups in total. The van der Waals surface area contributed by atoms with Crippen molar-refractivity contribution in [1.29, 1.82) is 0 Å². The first-order valence-electron chi connectivity index (χ1n) is 8.38. The second kappa shape index (κ2) is 13.7. The summed E-state index contributed by atoms with van der Waals surface area (Å²) >= 11 is 0. The maximum Gasteiger partial charge on any atom is 0.253 e. The van der Waals surface area contributed by atoms with Crippen LogP contribution in [0.4, 0.5) is 0 Å². The van der Waals surface area contributed by atoms with E-state index in [4.69, 9.17) is 5.84 Å². The average Bonchev–Trinajstić information content (AvgIpc) is 3.00. The summed E-state index contributed by atoms with van der Waals surface area (Å²) in [6.45, 7) is 14.4. The van der Waals surface area contributed by atoms with Crippen molar-refractivity contribution in [1.82, 2.24) is 15.7 Å². The minimum Gasteiger partial charge on any atom is -0.346 e. The van der Waals surface area contributed by atoms with Gasteiger partial charge in [0.25, 0.3) is 5.91 Å². The van der Waals surface area contributed by atoms with E-state index in [2.05, 4.69) is 15.7 Å². The molecule has 6 nitrogen and oxygen atoms in total. The molecule has 0 saturated heterocycles. The van der Waals surface area contributed by atoms with Crippen LogP contribution in [0.25, 0.3) is 0 Å². The van der Waals surface area contributed by atoms with Gasteiger partial charge in [0.1, 0.15) is 0 Å². The molecule has 0 aliphatic carbocycles. The molecular weight excluding hydrogens is 292 g/mol. The van der Waals surface area contributed by atoms with Gasteiger partial charge in [0, 0.05) is 12.6 Å². The van der Waals surface area contributed by atoms with E-state index in [1.807, 2.05) is 48.5 Å². The molecule has 1 unspecified atom stereocenters. The molecule has 1 aliphatic rings. The predicted molar refractivity (Wildman–Crippen MR) is 94.8 cm³/mol. The second-order valence-corrected chi connectivity index (χ2v) is 4.12. The zero-order valence-corrected chi connectivity index (χ0v) is 15.5. The fourth-order valence-corrected chi connectivity index (χ4v) is 1.83. The molecule has 0 bridgehead atoms. The van der Waals surface area contributed by atoms with E-state index in [0.717, 1.165) is 11.3 Å². The van der Waals surface area contributed by atoms with Crippen LogP contribution in [-0.4, -0.2) is 16.8 Å². The Bertz CT molecular complexity index is 476. The Morgan fingerprint density at radius 3 is 2.39 bits per heavy atom. The molecule has 1 aliphatic heterocycles. The maximum atomic E-state index is 11.5. The van der Waals surface area contributed by atoms with Crippen molar-refractivity contribution in [3.8, 4) is 0 Å². The van der Waals surface area contributed by atoms with Crippen LogP contribution in [0, 0.1) is 0 Å². The highest BCUT2D eigenvalue weighted by molar-refractivity contribution is 5.97. The SMILES string of the molecule is CC.CC.CC.CC(CC(=O)NN)c1cnc2c(c1)C(=O)NC2. The lowest BCUT2D eigenvalue weighted by Crippen LogP contribution is -2.30. The number of hydrazine groups is 1. The van der Waals surface area contributed by atoms with Crippen molar-refractivity contribution in [3.63, 3.8) is 0 Å². The third kappa shape index (κ3) is 7.23. The topological polar surface area (TPSA) is 97.1 Å². The fraction of sp³-hybridized carbons (Fsp3) is 0.588. The molecule has 23 heavy (non-hydrogen) atoms. The standard InChI is InChI=1S/C11H14N4O2.3C2H6/c1-6(2-10(16)15-12)7-3-8-9(13-4-7)5-14-11(8)17;3*1-2/h3-4,6H,2,5,12H2,1H3,(H,14,17)(H,15,16);3*1-2H3. The number of carbonyl (C=O) groups excluding carboxylic acids is 2. The molecule has 2 amide bonds. The first-order valence-corrected chi connectivity index (χ1v) is 8.38. The second-order valence-electron chi connectivity index (χ2n) is 4.12. The van der Waals surface area contributed by atoms with Gasteiger partial charge >= 0.3 is 0 Å². The van der Waals surface area contributed by atoms with E-state index in [1.54, 1.807) is 12.3 Å². The smallest absolute Gasteiger partial charge is 0.253 e. The zero-order chi connectivity index (χ0) is 18.4. The van der Waals surface area contributed by atoms with Gasteiger partial charge in [0.15, 0.2) is 0 Å². The van der Waals surface area contributed by atoms with Gasteiger partial charge in [-0.2, -0.15) is 0 Å². The van der Waals surface area contributed by atoms with E-state index < -0.39 is 0 Å². The number of hydrogen-bond acceptors (Lipinski definition) is 4. The van der Waals surface area contributed by atoms with Gasteiger partial charge < -0.3 is 5.32 Å². The molecule has 1 aromatic heterocycles. The third-order valence-electron chi connectivity index (χ3n) is 2.87. The lowest BCUT2D eigenvalue weighted by atomic mass is 9.97. The number of aromatic nitrogens is 1. The normalized spacial score (nSPS) is 11.9. The van der Waals surface area contributed by atoms with Gasteiger partial charge in [-0.25, -0.2) is 5.84 Å². The van der Waals surface area contributed by atoms with Crippen LogP contribution in [0.15, 0.2) is 12.3 Å². The minimum atomic E-state index is -0.234. The largest absolute Gasteiger partial charge is 0.346 e. The first-order chi connectivity index (χ1) is 11.1. The molecule has 2 heterocycles. The summed E-state index contributed by atoms with van der Waals surface area (Å²) in [6.07, 6.45) is 1.98. The molecule has 1 aromatic rings. The Labute approximate surface area is 140 Å². The molecule has 132 valence electrons. The first kappa shape index (κ1) is 23.3. The van der Waals surface area contributed by atoms with Crippen LogP contribution in [-0.2, 0) is 11.3 Å². The van der Waals surface area contributed by atoms with Crippen molar-refractivity contribution in [3.05, 3.63) is 29.1 Å². The van der Waals surface area contributed by atoms with Crippen LogP contribution < -0.4 is 16.6 Å². The number of pyridine rings is 1. The summed E-state index contributed by atoms with van der Waals surface area (Å²) < 4.78 is 0. The fourth-order valence-electron chi connectivity index (χ4n) is 1.83. The molecule has 0 spiro atoms. The number of fused-ring (bicyclic) bond motifs is 1. The maximum absolute atomic E-state index is 11.5. The van der Waals surface area contributed by atoms with Crippen LogP contribution >= 0.6 is 0 Å². The molecule has 1 atom stereocenters. The number of amides is 2. The minimum absolute atomic E-state index is 0.0234. The molecular formula is C17H32N4O2. The van der Waals surface area contributed by atoms with Gasteiger partial charge in [-0.05, 0) is 17.5 Å². The summed E-state index contributed by atoms with van der Waals surface area (Å²) in [5.41, 5.74) is 4.31. The van der Waals surface area contributed by atoms with Gasteiger partial charge in [-0.1, -0.05) is 48.5 Å². The summed E-state index contributed by atoms with van der Waals surface area (Å²) in [5.74, 6) is 4.67. The molecule has 0 aromatic carbocycles. The number of rotatable bonds is 3. The third-order valence-corrected chi connectivity index (χ3v) is 2.87. The molecule has 0 radical (unpaired) electrons. The highest BCUT2D eigenvalue weighted by Crippen LogP contribution is 2.22. The Morgan fingerprint density at radius 2 is 1.87 bits per heavy atom. The number of carbonyl (C=O) groups is 2. The number of hydrogen-bond donors (Lipinski definition) is 3. The van der Waals surface area contributed by atoms with E-state index in [1.165, 1.54) is 0 Å². The van der Waals surface area contributed by atoms with Crippen LogP contribution in [0.3, 0.4) is 0 Å². The van der Waals surface area contributed by atoms with Gasteiger partial charge in [0.2, 0.25) is 5.91 Å². The predicted octanol–water partition coefficient (Wildman–Crippen LogP) is 2.89. The summed E-state index contributed by atoms with van der Waals surface area (Å²) in [4.78, 5) is 26.8. The highest BCUT2D eigenvalue weighted by Gasteiger charge is 2.21. The molecule has 0 saturated carbocycles. The van der Waals surface area contributed by atoms with E-state index >= 15 is 0 Å². The zero-order valence-electron chi connectivity index (χ0n) is 15.5. The monoisotopic (exact) mass is 324 g/mol. The van der Waals surface area contributed by atoms with Gasteiger partial charge in [0.05, 0.1) is 17.8 Å². The van der Waals surface area contributed by atoms with Gasteiger partial charge in [-0.3, -0.25) is 20.0 Å². The summed E-state index contributed by atoms with van der Waals surface area (Å²) in [7, 11) is 0. The average molecular weight is 324 g/mol. The molecule has 2 rings (SSSR count). The van der Waals surface area contributed by atoms with E-state index in [0.29, 0.717) is 12.1 Å². The number of nitrogens with two attached hydrogens (primary N) is 1. The quantitative estimate of drug-likeness (QED) is 0.452. The van der Waals surface area contributed by atoms with Crippen molar-refractivity contribution in [2.24, 2.45) is 5.84 Å². The Kier molecular flexibility index (Phi) is 13.9. The van der Waals surface area contributed by atoms with E-state index in [-0.39, 0.29) is 24.2 Å². The van der Waals surface area contributed by atoms with Crippen molar-refractivity contribution >= 4 is 11.8 Å². The lowest BCUT2D eigenvalue weighted by molar-refractivity contribution is -0.121. The van der Waals surface area contributed by atoms with Crippen LogP contribution in [0.1, 0.15) is 82.4 Å². The van der Waals surface area contributed by atoms with Gasteiger partial charge in [-0.15, -0.1) is 0 Å². The van der Waals surface area contributed by atoms with Crippen molar-refractivity contribution < 1.29 is 9.59 Å². The highest BCUT2D eigenvalue weighted by atomic mass is 16.2. The Balaban J connectivity index is 0. The van der Waals surface area contributed by atoms with E-state index in [9.17, 15) is 9.59 Å². The molecule has 6 heteroatoms. The lowest BCUT2D eigenvalue weighted by Gasteiger charge is -2.11. The number of nitrogens with zero attached hydrogens (tertiary/aromatic N) is 1. The summed E-state index contributed by atoms with van der Waals surface area (Å²) in [6, 6.07) is 1.79.